The van der Waals surface area contributed by atoms with Crippen LogP contribution in [0.5, 0.6) is 0 Å². The van der Waals surface area contributed by atoms with Crippen LogP contribution in [-0.2, 0) is 22.3 Å². The van der Waals surface area contributed by atoms with Crippen LogP contribution < -0.4 is 5.73 Å². The minimum absolute atomic E-state index is 0.0837. The number of esters is 2. The molecule has 0 spiro atoms. The summed E-state index contributed by atoms with van der Waals surface area (Å²) >= 11 is 0. The van der Waals surface area contributed by atoms with Crippen LogP contribution in [0.3, 0.4) is 0 Å². The summed E-state index contributed by atoms with van der Waals surface area (Å²) in [5, 5.41) is 11.2. The van der Waals surface area contributed by atoms with Crippen molar-refractivity contribution < 1.29 is 24.0 Å². The number of anilines is 1. The summed E-state index contributed by atoms with van der Waals surface area (Å²) in [6.07, 6.45) is 0.934. The fraction of sp³-hybridized carbons (Fsp3) is 0.316. The van der Waals surface area contributed by atoms with Crippen molar-refractivity contribution in [1.82, 2.24) is 4.98 Å². The van der Waals surface area contributed by atoms with Crippen molar-refractivity contribution in [3.63, 3.8) is 0 Å². The number of aromatic nitrogens is 1. The fourth-order valence-electron chi connectivity index (χ4n) is 2.59. The van der Waals surface area contributed by atoms with Gasteiger partial charge in [0.25, 0.3) is 0 Å². The van der Waals surface area contributed by atoms with E-state index < -0.39 is 22.5 Å². The SMILES string of the molecule is CCOC(=O)c1ccc(CCc2cc(C(=O)OCC)c([N+](=O)[O-])c(N)n2)cc1. The molecule has 0 amide bonds. The largest absolute Gasteiger partial charge is 0.462 e. The molecule has 0 fully saturated rings. The molecule has 9 heteroatoms. The third-order valence-corrected chi connectivity index (χ3v) is 3.89. The van der Waals surface area contributed by atoms with Crippen LogP contribution in [0.1, 0.15) is 45.8 Å². The first-order chi connectivity index (χ1) is 13.4. The molecule has 1 aromatic heterocycles. The van der Waals surface area contributed by atoms with Crippen molar-refractivity contribution in [3.05, 3.63) is 62.8 Å². The number of nitrogen functional groups attached to an aromatic ring is 1. The molecule has 9 nitrogen and oxygen atoms in total. The monoisotopic (exact) mass is 387 g/mol. The Bertz CT molecular complexity index is 880. The van der Waals surface area contributed by atoms with Crippen molar-refractivity contribution in [1.29, 1.82) is 0 Å². The van der Waals surface area contributed by atoms with Crippen LogP contribution in [0.4, 0.5) is 11.5 Å². The molecule has 0 saturated carbocycles. The van der Waals surface area contributed by atoms with E-state index in [2.05, 4.69) is 4.98 Å². The zero-order valence-corrected chi connectivity index (χ0v) is 15.6. The minimum atomic E-state index is -0.816. The Morgan fingerprint density at radius 3 is 2.25 bits per heavy atom. The molecular formula is C19H21N3O6. The standard InChI is InChI=1S/C19H21N3O6/c1-3-27-18(23)13-8-5-12(6-9-13)7-10-14-11-15(19(24)28-4-2)16(22(25)26)17(20)21-14/h5-6,8-9,11H,3-4,7,10H2,1-2H3,(H2,20,21). The lowest BCUT2D eigenvalue weighted by atomic mass is 10.0. The number of ether oxygens (including phenoxy) is 2. The van der Waals surface area contributed by atoms with Gasteiger partial charge in [0.15, 0.2) is 0 Å². The van der Waals surface area contributed by atoms with Crippen molar-refractivity contribution in [3.8, 4) is 0 Å². The van der Waals surface area contributed by atoms with Gasteiger partial charge in [0.2, 0.25) is 5.82 Å². The number of hydrogen-bond acceptors (Lipinski definition) is 8. The Kier molecular flexibility index (Phi) is 7.02. The van der Waals surface area contributed by atoms with Gasteiger partial charge in [-0.25, -0.2) is 14.6 Å². The molecule has 2 aromatic rings. The van der Waals surface area contributed by atoms with Gasteiger partial charge in [-0.2, -0.15) is 0 Å². The smallest absolute Gasteiger partial charge is 0.345 e. The lowest BCUT2D eigenvalue weighted by Gasteiger charge is -2.08. The van der Waals surface area contributed by atoms with Gasteiger partial charge < -0.3 is 15.2 Å². The van der Waals surface area contributed by atoms with Gasteiger partial charge in [0.05, 0.1) is 23.7 Å². The lowest BCUT2D eigenvalue weighted by molar-refractivity contribution is -0.384. The number of nitrogens with zero attached hydrogens (tertiary/aromatic N) is 2. The molecule has 0 aliphatic rings. The molecule has 0 bridgehead atoms. The molecule has 0 aliphatic carbocycles. The topological polar surface area (TPSA) is 135 Å². The highest BCUT2D eigenvalue weighted by Gasteiger charge is 2.27. The molecule has 2 N–H and O–H groups in total. The van der Waals surface area contributed by atoms with Gasteiger partial charge in [-0.15, -0.1) is 0 Å². The second-order valence-corrected chi connectivity index (χ2v) is 5.79. The van der Waals surface area contributed by atoms with E-state index in [9.17, 15) is 19.7 Å². The number of nitrogens with two attached hydrogens (primary N) is 1. The molecule has 0 saturated heterocycles. The summed E-state index contributed by atoms with van der Waals surface area (Å²) in [5.41, 5.74) is 6.73. The first-order valence-electron chi connectivity index (χ1n) is 8.74. The van der Waals surface area contributed by atoms with E-state index in [1.807, 2.05) is 0 Å². The van der Waals surface area contributed by atoms with Crippen LogP contribution in [0, 0.1) is 10.1 Å². The molecule has 0 radical (unpaired) electrons. The Balaban J connectivity index is 2.19. The third kappa shape index (κ3) is 5.03. The van der Waals surface area contributed by atoms with Crippen LogP contribution >= 0.6 is 0 Å². The van der Waals surface area contributed by atoms with E-state index in [0.717, 1.165) is 5.56 Å². The molecule has 0 atom stereocenters. The maximum atomic E-state index is 12.0. The van der Waals surface area contributed by atoms with E-state index in [4.69, 9.17) is 15.2 Å². The molecular weight excluding hydrogens is 366 g/mol. The van der Waals surface area contributed by atoms with Crippen LogP contribution in [-0.4, -0.2) is 35.1 Å². The number of rotatable bonds is 8. The quantitative estimate of drug-likeness (QED) is 0.415. The van der Waals surface area contributed by atoms with Gasteiger partial charge in [-0.3, -0.25) is 10.1 Å². The van der Waals surface area contributed by atoms with Gasteiger partial charge in [-0.1, -0.05) is 12.1 Å². The number of aryl methyl sites for hydroxylation is 2. The van der Waals surface area contributed by atoms with Gasteiger partial charge >= 0.3 is 17.6 Å². The van der Waals surface area contributed by atoms with E-state index >= 15 is 0 Å². The summed E-state index contributed by atoms with van der Waals surface area (Å²) in [5.74, 6) is -1.54. The van der Waals surface area contributed by atoms with Crippen LogP contribution in [0.15, 0.2) is 30.3 Å². The number of carbonyl (C=O) groups excluding carboxylic acids is 2. The first-order valence-corrected chi connectivity index (χ1v) is 8.74. The Morgan fingerprint density at radius 1 is 1.07 bits per heavy atom. The van der Waals surface area contributed by atoms with Crippen LogP contribution in [0.25, 0.3) is 0 Å². The summed E-state index contributed by atoms with van der Waals surface area (Å²) in [7, 11) is 0. The second kappa shape index (κ2) is 9.45. The maximum Gasteiger partial charge on any atom is 0.345 e. The zero-order valence-electron chi connectivity index (χ0n) is 15.6. The molecule has 28 heavy (non-hydrogen) atoms. The Labute approximate surface area is 161 Å². The minimum Gasteiger partial charge on any atom is -0.462 e. The van der Waals surface area contributed by atoms with E-state index in [-0.39, 0.29) is 18.0 Å². The molecule has 148 valence electrons. The van der Waals surface area contributed by atoms with Crippen molar-refractivity contribution in [2.24, 2.45) is 0 Å². The number of nitro groups is 1. The summed E-state index contributed by atoms with van der Waals surface area (Å²) in [4.78, 5) is 38.2. The second-order valence-electron chi connectivity index (χ2n) is 5.79. The molecule has 0 unspecified atom stereocenters. The normalized spacial score (nSPS) is 10.4. The number of pyridine rings is 1. The summed E-state index contributed by atoms with van der Waals surface area (Å²) in [6, 6.07) is 8.23. The summed E-state index contributed by atoms with van der Waals surface area (Å²) < 4.78 is 9.81. The number of carbonyl (C=O) groups is 2. The van der Waals surface area contributed by atoms with E-state index in [1.165, 1.54) is 6.07 Å². The maximum absolute atomic E-state index is 12.0. The van der Waals surface area contributed by atoms with Gasteiger partial charge in [-0.05, 0) is 50.5 Å². The van der Waals surface area contributed by atoms with E-state index in [1.54, 1.807) is 38.1 Å². The first kappa shape index (κ1) is 20.8. The predicted molar refractivity (Wildman–Crippen MR) is 101 cm³/mol. The Morgan fingerprint density at radius 2 is 1.68 bits per heavy atom. The Hall–Kier alpha value is -3.49. The van der Waals surface area contributed by atoms with Crippen molar-refractivity contribution >= 4 is 23.4 Å². The van der Waals surface area contributed by atoms with Gasteiger partial charge in [0, 0.05) is 5.69 Å². The average Bonchev–Trinajstić information content (AvgIpc) is 2.66. The zero-order chi connectivity index (χ0) is 20.7. The average molecular weight is 387 g/mol. The van der Waals surface area contributed by atoms with Crippen LogP contribution in [0.2, 0.25) is 0 Å². The molecule has 0 aliphatic heterocycles. The van der Waals surface area contributed by atoms with E-state index in [0.29, 0.717) is 30.7 Å². The fourth-order valence-corrected chi connectivity index (χ4v) is 2.59. The molecule has 2 rings (SSSR count). The highest BCUT2D eigenvalue weighted by molar-refractivity contribution is 5.96. The van der Waals surface area contributed by atoms with Crippen molar-refractivity contribution in [2.75, 3.05) is 18.9 Å². The predicted octanol–water partition coefficient (Wildman–Crippen LogP) is 2.71. The molecule has 1 aromatic carbocycles. The highest BCUT2D eigenvalue weighted by Crippen LogP contribution is 2.26. The van der Waals surface area contributed by atoms with Crippen molar-refractivity contribution in [2.45, 2.75) is 26.7 Å². The lowest BCUT2D eigenvalue weighted by Crippen LogP contribution is -2.12. The van der Waals surface area contributed by atoms with Gasteiger partial charge in [0.1, 0.15) is 5.56 Å². The number of benzene rings is 1. The third-order valence-electron chi connectivity index (χ3n) is 3.89. The summed E-state index contributed by atoms with van der Waals surface area (Å²) in [6.45, 7) is 3.73. The highest BCUT2D eigenvalue weighted by atomic mass is 16.6. The number of hydrogen-bond donors (Lipinski definition) is 1. The molecule has 1 heterocycles.